The van der Waals surface area contributed by atoms with E-state index < -0.39 is 0 Å². The standard InChI is InChI=1S/C35H25N.C2H6/c1-21(35-27-10-4-2-8-23(27)16-24-9-3-5-11-28(24)35)22-14-15-25-17-26-19-32-29-12-6-7-13-33(29)36-34(32)20-31(26)30(25)18-22;1-2/h2-16,18-21,36H,17H2,1H3;1-2H3. The Kier molecular flexibility index (Phi) is 5.33. The van der Waals surface area contributed by atoms with E-state index in [0.29, 0.717) is 0 Å². The second-order valence-corrected chi connectivity index (χ2v) is 10.3. The van der Waals surface area contributed by atoms with Crippen LogP contribution in [-0.4, -0.2) is 4.98 Å². The third-order valence-corrected chi connectivity index (χ3v) is 8.28. The third-order valence-electron chi connectivity index (χ3n) is 8.28. The number of fused-ring (bicyclic) bond motifs is 8. The molecule has 1 aliphatic rings. The molecule has 8 rings (SSSR count). The summed E-state index contributed by atoms with van der Waals surface area (Å²) in [4.78, 5) is 3.64. The predicted molar refractivity (Wildman–Crippen MR) is 164 cm³/mol. The highest BCUT2D eigenvalue weighted by Gasteiger charge is 2.23. The molecule has 0 fully saturated rings. The average Bonchev–Trinajstić information content (AvgIpc) is 3.52. The molecule has 184 valence electrons. The van der Waals surface area contributed by atoms with Crippen LogP contribution in [0.1, 0.15) is 48.9 Å². The summed E-state index contributed by atoms with van der Waals surface area (Å²) in [5.41, 5.74) is 10.9. The molecule has 1 N–H and O–H groups in total. The second-order valence-electron chi connectivity index (χ2n) is 10.3. The summed E-state index contributed by atoms with van der Waals surface area (Å²) in [7, 11) is 0. The Morgan fingerprint density at radius 2 is 1.18 bits per heavy atom. The molecule has 1 atom stereocenters. The highest BCUT2D eigenvalue weighted by Crippen LogP contribution is 2.43. The van der Waals surface area contributed by atoms with Crippen molar-refractivity contribution in [3.8, 4) is 11.1 Å². The Bertz CT molecular complexity index is 1930. The van der Waals surface area contributed by atoms with E-state index >= 15 is 0 Å². The van der Waals surface area contributed by atoms with Gasteiger partial charge in [0.2, 0.25) is 0 Å². The van der Waals surface area contributed by atoms with Crippen molar-refractivity contribution in [1.82, 2.24) is 4.98 Å². The van der Waals surface area contributed by atoms with Crippen LogP contribution in [-0.2, 0) is 6.42 Å². The number of aromatic amines is 1. The summed E-state index contributed by atoms with van der Waals surface area (Å²) in [6, 6.07) is 40.5. The normalized spacial score (nSPS) is 12.9. The lowest BCUT2D eigenvalue weighted by molar-refractivity contribution is 0.942. The number of aromatic nitrogens is 1. The maximum atomic E-state index is 3.64. The van der Waals surface area contributed by atoms with Crippen molar-refractivity contribution in [2.75, 3.05) is 0 Å². The molecule has 0 bridgehead atoms. The quantitative estimate of drug-likeness (QED) is 0.232. The van der Waals surface area contributed by atoms with Gasteiger partial charge in [0.25, 0.3) is 0 Å². The van der Waals surface area contributed by atoms with Crippen LogP contribution in [0.4, 0.5) is 0 Å². The minimum Gasteiger partial charge on any atom is -0.354 e. The molecule has 0 radical (unpaired) electrons. The van der Waals surface area contributed by atoms with Crippen LogP contribution < -0.4 is 0 Å². The molecule has 0 spiro atoms. The molecule has 1 heteroatoms. The summed E-state index contributed by atoms with van der Waals surface area (Å²) in [6.45, 7) is 6.37. The van der Waals surface area contributed by atoms with Gasteiger partial charge in [-0.2, -0.15) is 0 Å². The van der Waals surface area contributed by atoms with Crippen LogP contribution >= 0.6 is 0 Å². The van der Waals surface area contributed by atoms with Crippen LogP contribution in [0.25, 0.3) is 54.5 Å². The summed E-state index contributed by atoms with van der Waals surface area (Å²) in [5.74, 6) is 0.284. The summed E-state index contributed by atoms with van der Waals surface area (Å²) >= 11 is 0. The molecule has 0 aliphatic heterocycles. The minimum atomic E-state index is 0.284. The fraction of sp³-hybridized carbons (Fsp3) is 0.135. The number of benzene rings is 6. The van der Waals surface area contributed by atoms with E-state index in [4.69, 9.17) is 0 Å². The van der Waals surface area contributed by atoms with Crippen molar-refractivity contribution in [3.63, 3.8) is 0 Å². The zero-order chi connectivity index (χ0) is 25.8. The van der Waals surface area contributed by atoms with Gasteiger partial charge in [-0.15, -0.1) is 0 Å². The zero-order valence-corrected chi connectivity index (χ0v) is 22.2. The van der Waals surface area contributed by atoms with E-state index in [1.54, 1.807) is 0 Å². The Morgan fingerprint density at radius 3 is 1.92 bits per heavy atom. The van der Waals surface area contributed by atoms with Crippen molar-refractivity contribution in [3.05, 3.63) is 131 Å². The molecule has 1 aromatic heterocycles. The maximum absolute atomic E-state index is 3.64. The van der Waals surface area contributed by atoms with E-state index in [1.807, 2.05) is 13.8 Å². The molecule has 0 saturated carbocycles. The third kappa shape index (κ3) is 3.39. The Hall–Kier alpha value is -4.36. The lowest BCUT2D eigenvalue weighted by atomic mass is 9.84. The van der Waals surface area contributed by atoms with Gasteiger partial charge in [0, 0.05) is 27.7 Å². The first-order valence-electron chi connectivity index (χ1n) is 13.8. The van der Waals surface area contributed by atoms with E-state index in [1.165, 1.54) is 76.7 Å². The first-order valence-corrected chi connectivity index (χ1v) is 13.8. The SMILES string of the molecule is CC.CC(c1ccc2c(c1)-c1cc3[nH]c4ccccc4c3cc1C2)c1c2ccccc2cc2ccccc12. The van der Waals surface area contributed by atoms with Crippen molar-refractivity contribution in [1.29, 1.82) is 0 Å². The van der Waals surface area contributed by atoms with E-state index in [-0.39, 0.29) is 5.92 Å². The van der Waals surface area contributed by atoms with Gasteiger partial charge in [0.1, 0.15) is 0 Å². The van der Waals surface area contributed by atoms with E-state index in [0.717, 1.165) is 6.42 Å². The molecule has 6 aromatic carbocycles. The summed E-state index contributed by atoms with van der Waals surface area (Å²) in [5, 5.41) is 7.96. The predicted octanol–water partition coefficient (Wildman–Crippen LogP) is 10.4. The average molecular weight is 490 g/mol. The molecule has 1 aliphatic carbocycles. The minimum absolute atomic E-state index is 0.284. The molecule has 1 unspecified atom stereocenters. The van der Waals surface area contributed by atoms with Crippen molar-refractivity contribution in [2.24, 2.45) is 0 Å². The summed E-state index contributed by atoms with van der Waals surface area (Å²) in [6.07, 6.45) is 1.01. The van der Waals surface area contributed by atoms with E-state index in [2.05, 4.69) is 121 Å². The van der Waals surface area contributed by atoms with Gasteiger partial charge >= 0.3 is 0 Å². The zero-order valence-electron chi connectivity index (χ0n) is 22.2. The first-order chi connectivity index (χ1) is 18.7. The summed E-state index contributed by atoms with van der Waals surface area (Å²) < 4.78 is 0. The molecular weight excluding hydrogens is 458 g/mol. The molecule has 7 aromatic rings. The highest BCUT2D eigenvalue weighted by atomic mass is 14.7. The van der Waals surface area contributed by atoms with Crippen LogP contribution in [0.3, 0.4) is 0 Å². The lowest BCUT2D eigenvalue weighted by Gasteiger charge is -2.19. The van der Waals surface area contributed by atoms with Gasteiger partial charge in [-0.3, -0.25) is 0 Å². The fourth-order valence-electron chi connectivity index (χ4n) is 6.50. The number of nitrogens with one attached hydrogen (secondary N) is 1. The monoisotopic (exact) mass is 489 g/mol. The van der Waals surface area contributed by atoms with Crippen LogP contribution in [0.2, 0.25) is 0 Å². The molecule has 0 saturated heterocycles. The van der Waals surface area contributed by atoms with Crippen molar-refractivity contribution < 1.29 is 0 Å². The smallest absolute Gasteiger partial charge is 0.0471 e. The van der Waals surface area contributed by atoms with Crippen molar-refractivity contribution in [2.45, 2.75) is 33.1 Å². The molecule has 1 nitrogen and oxygen atoms in total. The number of rotatable bonds is 2. The number of para-hydroxylation sites is 1. The van der Waals surface area contributed by atoms with Gasteiger partial charge < -0.3 is 4.98 Å². The Morgan fingerprint density at radius 1 is 0.553 bits per heavy atom. The van der Waals surface area contributed by atoms with E-state index in [9.17, 15) is 0 Å². The lowest BCUT2D eigenvalue weighted by Crippen LogP contribution is -2.00. The van der Waals surface area contributed by atoms with Crippen LogP contribution in [0, 0.1) is 0 Å². The number of H-pyrrole nitrogens is 1. The molecule has 1 heterocycles. The number of hydrogen-bond acceptors (Lipinski definition) is 0. The van der Waals surface area contributed by atoms with Crippen LogP contribution in [0.15, 0.2) is 109 Å². The van der Waals surface area contributed by atoms with Gasteiger partial charge in [-0.1, -0.05) is 106 Å². The number of hydrogen-bond donors (Lipinski definition) is 1. The molecule has 0 amide bonds. The second kappa shape index (κ2) is 8.89. The molecular formula is C37H31N. The first kappa shape index (κ1) is 22.8. The van der Waals surface area contributed by atoms with Crippen LogP contribution in [0.5, 0.6) is 0 Å². The molecule has 38 heavy (non-hydrogen) atoms. The fourth-order valence-corrected chi connectivity index (χ4v) is 6.50. The van der Waals surface area contributed by atoms with Gasteiger partial charge in [0.15, 0.2) is 0 Å². The Labute approximate surface area is 223 Å². The highest BCUT2D eigenvalue weighted by molar-refractivity contribution is 6.09. The largest absolute Gasteiger partial charge is 0.354 e. The van der Waals surface area contributed by atoms with Gasteiger partial charge in [-0.05, 0) is 85.6 Å². The topological polar surface area (TPSA) is 15.8 Å². The Balaban J connectivity index is 0.00000118. The van der Waals surface area contributed by atoms with Gasteiger partial charge in [-0.25, -0.2) is 0 Å². The van der Waals surface area contributed by atoms with Crippen molar-refractivity contribution >= 4 is 43.4 Å². The maximum Gasteiger partial charge on any atom is 0.0471 e. The van der Waals surface area contributed by atoms with Gasteiger partial charge in [0.05, 0.1) is 0 Å².